The Hall–Kier alpha value is -2.13. The Morgan fingerprint density at radius 2 is 2.08 bits per heavy atom. The van der Waals surface area contributed by atoms with Gasteiger partial charge in [-0.25, -0.2) is 0 Å². The van der Waals surface area contributed by atoms with Crippen LogP contribution in [0.2, 0.25) is 0 Å². The smallest absolute Gasteiger partial charge is 0.191 e. The Morgan fingerprint density at radius 3 is 2.79 bits per heavy atom. The van der Waals surface area contributed by atoms with E-state index >= 15 is 0 Å². The predicted molar refractivity (Wildman–Crippen MR) is 93.0 cm³/mol. The third-order valence-corrected chi connectivity index (χ3v) is 5.42. The van der Waals surface area contributed by atoms with Crippen LogP contribution < -0.4 is 0 Å². The lowest BCUT2D eigenvalue weighted by molar-refractivity contribution is -0.116. The van der Waals surface area contributed by atoms with Gasteiger partial charge >= 0.3 is 0 Å². The molecule has 3 rings (SSSR count). The van der Waals surface area contributed by atoms with Gasteiger partial charge in [0.15, 0.2) is 11.0 Å². The molecule has 0 saturated heterocycles. The molecule has 9 heteroatoms. The number of carbonyl (C=O) groups is 1. The Labute approximate surface area is 147 Å². The van der Waals surface area contributed by atoms with Gasteiger partial charge < -0.3 is 4.57 Å². The highest BCUT2D eigenvalue weighted by atomic mass is 32.2. The number of aryl methyl sites for hydroxylation is 1. The Kier molecular flexibility index (Phi) is 5.31. The molecule has 124 valence electrons. The number of ketones is 1. The molecule has 0 aromatic carbocycles. The monoisotopic (exact) mass is 360 g/mol. The van der Waals surface area contributed by atoms with Gasteiger partial charge in [-0.05, 0) is 18.6 Å². The maximum absolute atomic E-state index is 12.1. The molecule has 0 aliphatic carbocycles. The molecule has 0 fully saturated rings. The van der Waals surface area contributed by atoms with Crippen LogP contribution in [0.5, 0.6) is 0 Å². The molecule has 0 saturated carbocycles. The number of hydrogen-bond acceptors (Lipinski definition) is 8. The molecule has 0 aliphatic rings. The normalized spacial score (nSPS) is 10.9. The van der Waals surface area contributed by atoms with Gasteiger partial charge in [-0.3, -0.25) is 9.78 Å². The van der Waals surface area contributed by atoms with Crippen molar-refractivity contribution in [3.05, 3.63) is 34.5 Å². The van der Waals surface area contributed by atoms with Crippen molar-refractivity contribution >= 4 is 28.9 Å². The standard InChI is InChI=1S/C15H16N6OS2/c1-3-12-17-18-13(24-12)7-11(22)9-23-15-20-19-14(21(15)2)10-5-4-6-16-8-10/h4-6,8H,3,7,9H2,1-2H3. The molecule has 3 aromatic heterocycles. The van der Waals surface area contributed by atoms with Gasteiger partial charge in [0.1, 0.15) is 15.8 Å². The number of nitrogens with zero attached hydrogens (tertiary/aromatic N) is 6. The fourth-order valence-corrected chi connectivity index (χ4v) is 3.64. The molecule has 0 N–H and O–H groups in total. The first-order chi connectivity index (χ1) is 11.7. The average molecular weight is 360 g/mol. The van der Waals surface area contributed by atoms with Crippen molar-refractivity contribution in [1.29, 1.82) is 0 Å². The van der Waals surface area contributed by atoms with Crippen LogP contribution in [0.1, 0.15) is 16.9 Å². The Morgan fingerprint density at radius 1 is 1.25 bits per heavy atom. The summed E-state index contributed by atoms with van der Waals surface area (Å²) in [5.41, 5.74) is 0.895. The van der Waals surface area contributed by atoms with E-state index in [0.717, 1.165) is 27.8 Å². The van der Waals surface area contributed by atoms with Crippen molar-refractivity contribution in [2.45, 2.75) is 24.9 Å². The number of pyridine rings is 1. The molecule has 0 aliphatic heterocycles. The van der Waals surface area contributed by atoms with E-state index in [1.807, 2.05) is 30.7 Å². The van der Waals surface area contributed by atoms with Crippen LogP contribution in [0, 0.1) is 0 Å². The van der Waals surface area contributed by atoms with Crippen LogP contribution in [-0.4, -0.2) is 41.5 Å². The molecule has 3 aromatic rings. The van der Waals surface area contributed by atoms with Crippen LogP contribution in [0.25, 0.3) is 11.4 Å². The molecule has 0 amide bonds. The van der Waals surface area contributed by atoms with E-state index in [1.54, 1.807) is 12.4 Å². The van der Waals surface area contributed by atoms with E-state index in [-0.39, 0.29) is 5.78 Å². The lowest BCUT2D eigenvalue weighted by Gasteiger charge is -2.03. The number of Topliss-reactive ketones (excluding diaryl/α,β-unsaturated/α-hetero) is 1. The van der Waals surface area contributed by atoms with Gasteiger partial charge in [-0.15, -0.1) is 31.7 Å². The summed E-state index contributed by atoms with van der Waals surface area (Å²) < 4.78 is 1.87. The van der Waals surface area contributed by atoms with E-state index in [1.165, 1.54) is 23.1 Å². The first-order valence-electron chi connectivity index (χ1n) is 7.43. The van der Waals surface area contributed by atoms with E-state index in [9.17, 15) is 4.79 Å². The molecule has 0 spiro atoms. The van der Waals surface area contributed by atoms with Crippen molar-refractivity contribution in [2.24, 2.45) is 7.05 Å². The Bertz CT molecular complexity index is 830. The van der Waals surface area contributed by atoms with Crippen LogP contribution in [0.4, 0.5) is 0 Å². The molecule has 24 heavy (non-hydrogen) atoms. The van der Waals surface area contributed by atoms with Crippen LogP contribution in [-0.2, 0) is 24.7 Å². The minimum atomic E-state index is 0.102. The van der Waals surface area contributed by atoms with Gasteiger partial charge in [-0.2, -0.15) is 0 Å². The summed E-state index contributed by atoms with van der Waals surface area (Å²) >= 11 is 2.87. The number of aromatic nitrogens is 6. The third-order valence-electron chi connectivity index (χ3n) is 3.28. The topological polar surface area (TPSA) is 86.4 Å². The highest BCUT2D eigenvalue weighted by molar-refractivity contribution is 7.99. The second-order valence-electron chi connectivity index (χ2n) is 5.05. The summed E-state index contributed by atoms with van der Waals surface area (Å²) in [6.45, 7) is 2.02. The summed E-state index contributed by atoms with van der Waals surface area (Å²) in [5.74, 6) is 1.17. The molecule has 0 atom stereocenters. The van der Waals surface area contributed by atoms with Gasteiger partial charge in [0, 0.05) is 25.0 Å². The summed E-state index contributed by atoms with van der Waals surface area (Å²) in [6.07, 6.45) is 4.62. The number of hydrogen-bond donors (Lipinski definition) is 0. The van der Waals surface area contributed by atoms with Crippen LogP contribution >= 0.6 is 23.1 Å². The summed E-state index contributed by atoms with van der Waals surface area (Å²) in [5, 5.41) is 18.8. The number of carbonyl (C=O) groups excluding carboxylic acids is 1. The molecule has 0 bridgehead atoms. The third kappa shape index (κ3) is 3.85. The fraction of sp³-hybridized carbons (Fsp3) is 0.333. The second kappa shape index (κ2) is 7.63. The van der Waals surface area contributed by atoms with Gasteiger partial charge in [-0.1, -0.05) is 18.7 Å². The Balaban J connectivity index is 1.60. The van der Waals surface area contributed by atoms with Crippen LogP contribution in [0.15, 0.2) is 29.7 Å². The minimum absolute atomic E-state index is 0.102. The molecule has 0 radical (unpaired) electrons. The van der Waals surface area contributed by atoms with E-state index in [4.69, 9.17) is 0 Å². The first-order valence-corrected chi connectivity index (χ1v) is 9.23. The van der Waals surface area contributed by atoms with Crippen molar-refractivity contribution < 1.29 is 4.79 Å². The van der Waals surface area contributed by atoms with E-state index in [2.05, 4.69) is 25.4 Å². The van der Waals surface area contributed by atoms with E-state index < -0.39 is 0 Å². The zero-order valence-corrected chi connectivity index (χ0v) is 15.0. The van der Waals surface area contributed by atoms with Crippen molar-refractivity contribution in [3.8, 4) is 11.4 Å². The van der Waals surface area contributed by atoms with Crippen molar-refractivity contribution in [3.63, 3.8) is 0 Å². The first kappa shape index (κ1) is 16.7. The lowest BCUT2D eigenvalue weighted by atomic mass is 10.3. The number of rotatable bonds is 7. The van der Waals surface area contributed by atoms with Gasteiger partial charge in [0.25, 0.3) is 0 Å². The van der Waals surface area contributed by atoms with E-state index in [0.29, 0.717) is 17.3 Å². The maximum atomic E-state index is 12.1. The minimum Gasteiger partial charge on any atom is -0.305 e. The van der Waals surface area contributed by atoms with Crippen molar-refractivity contribution in [2.75, 3.05) is 5.75 Å². The highest BCUT2D eigenvalue weighted by Gasteiger charge is 2.14. The zero-order valence-electron chi connectivity index (χ0n) is 13.3. The second-order valence-corrected chi connectivity index (χ2v) is 7.14. The molecule has 7 nitrogen and oxygen atoms in total. The van der Waals surface area contributed by atoms with Gasteiger partial charge in [0.2, 0.25) is 0 Å². The predicted octanol–water partition coefficient (Wildman–Crippen LogP) is 2.19. The largest absolute Gasteiger partial charge is 0.305 e. The average Bonchev–Trinajstić information content (AvgIpc) is 3.20. The number of thioether (sulfide) groups is 1. The summed E-state index contributed by atoms with van der Waals surface area (Å²) in [7, 11) is 1.88. The molecule has 0 unspecified atom stereocenters. The highest BCUT2D eigenvalue weighted by Crippen LogP contribution is 2.22. The molecular formula is C15H16N6OS2. The SMILES string of the molecule is CCc1nnc(CC(=O)CSc2nnc(-c3cccnc3)n2C)s1. The zero-order chi connectivity index (χ0) is 16.9. The fourth-order valence-electron chi connectivity index (χ4n) is 2.05. The van der Waals surface area contributed by atoms with Crippen molar-refractivity contribution in [1.82, 2.24) is 29.9 Å². The van der Waals surface area contributed by atoms with Gasteiger partial charge in [0.05, 0.1) is 12.2 Å². The lowest BCUT2D eigenvalue weighted by Crippen LogP contribution is -2.06. The molecule has 3 heterocycles. The summed E-state index contributed by atoms with van der Waals surface area (Å²) in [4.78, 5) is 16.2. The molecular weight excluding hydrogens is 344 g/mol. The maximum Gasteiger partial charge on any atom is 0.191 e. The summed E-state index contributed by atoms with van der Waals surface area (Å²) in [6, 6.07) is 3.78. The van der Waals surface area contributed by atoms with Crippen LogP contribution in [0.3, 0.4) is 0 Å². The quantitative estimate of drug-likeness (QED) is 0.597.